The van der Waals surface area contributed by atoms with Crippen LogP contribution >= 0.6 is 11.3 Å². The molecule has 0 fully saturated rings. The van der Waals surface area contributed by atoms with Gasteiger partial charge in [0.05, 0.1) is 6.10 Å². The number of halogens is 1. The van der Waals surface area contributed by atoms with Gasteiger partial charge in [-0.05, 0) is 40.1 Å². The normalized spacial score (nSPS) is 12.7. The van der Waals surface area contributed by atoms with E-state index in [2.05, 4.69) is 0 Å². The SMILES string of the molecule is OC(Cc1cccc(F)c1)c1ccsc1. The van der Waals surface area contributed by atoms with Crippen LogP contribution in [0.15, 0.2) is 41.1 Å². The molecule has 0 spiro atoms. The highest BCUT2D eigenvalue weighted by Crippen LogP contribution is 2.20. The van der Waals surface area contributed by atoms with E-state index < -0.39 is 6.10 Å². The van der Waals surface area contributed by atoms with Crippen molar-refractivity contribution in [2.45, 2.75) is 12.5 Å². The first-order valence-electron chi connectivity index (χ1n) is 4.70. The van der Waals surface area contributed by atoms with Crippen LogP contribution in [0.5, 0.6) is 0 Å². The molecule has 1 heterocycles. The van der Waals surface area contributed by atoms with Gasteiger partial charge in [0.25, 0.3) is 0 Å². The van der Waals surface area contributed by atoms with Crippen LogP contribution in [0, 0.1) is 5.82 Å². The molecule has 2 rings (SSSR count). The molecule has 1 atom stereocenters. The zero-order valence-corrected chi connectivity index (χ0v) is 8.88. The second kappa shape index (κ2) is 4.55. The Balaban J connectivity index is 2.09. The van der Waals surface area contributed by atoms with Gasteiger partial charge in [0.1, 0.15) is 5.82 Å². The van der Waals surface area contributed by atoms with Crippen molar-refractivity contribution >= 4 is 11.3 Å². The summed E-state index contributed by atoms with van der Waals surface area (Å²) in [6, 6.07) is 8.22. The van der Waals surface area contributed by atoms with Gasteiger partial charge < -0.3 is 5.11 Å². The summed E-state index contributed by atoms with van der Waals surface area (Å²) in [4.78, 5) is 0. The molecule has 3 heteroatoms. The Kier molecular flexibility index (Phi) is 3.14. The number of aliphatic hydroxyl groups is 1. The Morgan fingerprint density at radius 2 is 2.20 bits per heavy atom. The highest BCUT2D eigenvalue weighted by molar-refractivity contribution is 7.07. The van der Waals surface area contributed by atoms with E-state index in [1.165, 1.54) is 12.1 Å². The van der Waals surface area contributed by atoms with Crippen LogP contribution in [0.3, 0.4) is 0 Å². The maximum Gasteiger partial charge on any atom is 0.123 e. The molecule has 1 N–H and O–H groups in total. The van der Waals surface area contributed by atoms with Crippen molar-refractivity contribution in [3.63, 3.8) is 0 Å². The first-order chi connectivity index (χ1) is 7.25. The van der Waals surface area contributed by atoms with Gasteiger partial charge in [-0.2, -0.15) is 11.3 Å². The Morgan fingerprint density at radius 1 is 1.33 bits per heavy atom. The largest absolute Gasteiger partial charge is 0.388 e. The van der Waals surface area contributed by atoms with E-state index in [9.17, 15) is 9.50 Å². The molecule has 0 bridgehead atoms. The van der Waals surface area contributed by atoms with Crippen LogP contribution in [0.2, 0.25) is 0 Å². The van der Waals surface area contributed by atoms with Crippen LogP contribution < -0.4 is 0 Å². The maximum atomic E-state index is 12.9. The Labute approximate surface area is 91.8 Å². The highest BCUT2D eigenvalue weighted by atomic mass is 32.1. The van der Waals surface area contributed by atoms with Gasteiger partial charge in [-0.25, -0.2) is 4.39 Å². The fourth-order valence-electron chi connectivity index (χ4n) is 1.47. The maximum absolute atomic E-state index is 12.9. The number of rotatable bonds is 3. The molecule has 1 nitrogen and oxygen atoms in total. The van der Waals surface area contributed by atoms with Gasteiger partial charge in [-0.3, -0.25) is 0 Å². The minimum Gasteiger partial charge on any atom is -0.388 e. The van der Waals surface area contributed by atoms with Crippen molar-refractivity contribution in [2.24, 2.45) is 0 Å². The average molecular weight is 222 g/mol. The van der Waals surface area contributed by atoms with E-state index in [-0.39, 0.29) is 5.82 Å². The van der Waals surface area contributed by atoms with Gasteiger partial charge in [0.2, 0.25) is 0 Å². The highest BCUT2D eigenvalue weighted by Gasteiger charge is 2.08. The molecule has 0 aliphatic carbocycles. The summed E-state index contributed by atoms with van der Waals surface area (Å²) in [5.41, 5.74) is 1.71. The number of hydrogen-bond donors (Lipinski definition) is 1. The molecule has 0 saturated carbocycles. The summed E-state index contributed by atoms with van der Waals surface area (Å²) in [7, 11) is 0. The summed E-state index contributed by atoms with van der Waals surface area (Å²) in [5, 5.41) is 13.7. The summed E-state index contributed by atoms with van der Waals surface area (Å²) < 4.78 is 12.9. The molecule has 0 amide bonds. The Bertz CT molecular complexity index is 425. The van der Waals surface area contributed by atoms with Crippen LogP contribution in [0.1, 0.15) is 17.2 Å². The molecular formula is C12H11FOS. The summed E-state index contributed by atoms with van der Waals surface area (Å²) in [6.45, 7) is 0. The molecule has 1 aromatic heterocycles. The van der Waals surface area contributed by atoms with Crippen LogP contribution in [0.25, 0.3) is 0 Å². The van der Waals surface area contributed by atoms with Crippen molar-refractivity contribution < 1.29 is 9.50 Å². The van der Waals surface area contributed by atoms with Crippen LogP contribution in [-0.4, -0.2) is 5.11 Å². The minimum absolute atomic E-state index is 0.259. The Hall–Kier alpha value is -1.19. The molecule has 0 saturated heterocycles. The van der Waals surface area contributed by atoms with Crippen LogP contribution in [0.4, 0.5) is 4.39 Å². The topological polar surface area (TPSA) is 20.2 Å². The standard InChI is InChI=1S/C12H11FOS/c13-11-3-1-2-9(6-11)7-12(14)10-4-5-15-8-10/h1-6,8,12,14H,7H2. The molecule has 2 aromatic rings. The van der Waals surface area contributed by atoms with E-state index >= 15 is 0 Å². The lowest BCUT2D eigenvalue weighted by Crippen LogP contribution is -2.00. The fraction of sp³-hybridized carbons (Fsp3) is 0.167. The molecular weight excluding hydrogens is 211 g/mol. The summed E-state index contributed by atoms with van der Waals surface area (Å²) in [5.74, 6) is -0.259. The lowest BCUT2D eigenvalue weighted by Gasteiger charge is -2.08. The number of aliphatic hydroxyl groups excluding tert-OH is 1. The number of thiophene rings is 1. The van der Waals surface area contributed by atoms with E-state index in [0.29, 0.717) is 6.42 Å². The first-order valence-corrected chi connectivity index (χ1v) is 5.64. The molecule has 78 valence electrons. The molecule has 1 aromatic carbocycles. The van der Waals surface area contributed by atoms with Crippen molar-refractivity contribution in [3.8, 4) is 0 Å². The third-order valence-electron chi connectivity index (χ3n) is 2.25. The molecule has 15 heavy (non-hydrogen) atoms. The first kappa shape index (κ1) is 10.3. The van der Waals surface area contributed by atoms with Gasteiger partial charge >= 0.3 is 0 Å². The van der Waals surface area contributed by atoms with E-state index in [1.807, 2.05) is 22.9 Å². The van der Waals surface area contributed by atoms with Gasteiger partial charge in [-0.1, -0.05) is 12.1 Å². The Morgan fingerprint density at radius 3 is 2.87 bits per heavy atom. The molecule has 1 unspecified atom stereocenters. The fourth-order valence-corrected chi connectivity index (χ4v) is 2.18. The third-order valence-corrected chi connectivity index (χ3v) is 2.95. The van der Waals surface area contributed by atoms with Crippen molar-refractivity contribution in [3.05, 3.63) is 58.0 Å². The van der Waals surface area contributed by atoms with Gasteiger partial charge in [0.15, 0.2) is 0 Å². The lowest BCUT2D eigenvalue weighted by atomic mass is 10.0. The summed E-state index contributed by atoms with van der Waals surface area (Å²) >= 11 is 1.55. The molecule has 0 aliphatic heterocycles. The molecule has 0 aliphatic rings. The quantitative estimate of drug-likeness (QED) is 0.845. The van der Waals surface area contributed by atoms with E-state index in [4.69, 9.17) is 0 Å². The number of benzene rings is 1. The van der Waals surface area contributed by atoms with E-state index in [1.54, 1.807) is 17.4 Å². The third kappa shape index (κ3) is 2.64. The number of hydrogen-bond acceptors (Lipinski definition) is 2. The van der Waals surface area contributed by atoms with E-state index in [0.717, 1.165) is 11.1 Å². The van der Waals surface area contributed by atoms with Crippen molar-refractivity contribution in [1.82, 2.24) is 0 Å². The van der Waals surface area contributed by atoms with Gasteiger partial charge in [-0.15, -0.1) is 0 Å². The lowest BCUT2D eigenvalue weighted by molar-refractivity contribution is 0.179. The zero-order chi connectivity index (χ0) is 10.7. The second-order valence-corrected chi connectivity index (χ2v) is 4.19. The predicted molar refractivity (Wildman–Crippen MR) is 59.4 cm³/mol. The molecule has 0 radical (unpaired) electrons. The summed E-state index contributed by atoms with van der Waals surface area (Å²) in [6.07, 6.45) is -0.0906. The minimum atomic E-state index is -0.543. The smallest absolute Gasteiger partial charge is 0.123 e. The van der Waals surface area contributed by atoms with Crippen molar-refractivity contribution in [2.75, 3.05) is 0 Å². The predicted octanol–water partition coefficient (Wildman–Crippen LogP) is 3.16. The zero-order valence-electron chi connectivity index (χ0n) is 8.06. The van der Waals surface area contributed by atoms with Crippen LogP contribution in [-0.2, 0) is 6.42 Å². The average Bonchev–Trinajstić information content (AvgIpc) is 2.70. The van der Waals surface area contributed by atoms with Crippen molar-refractivity contribution in [1.29, 1.82) is 0 Å². The second-order valence-electron chi connectivity index (χ2n) is 3.41. The monoisotopic (exact) mass is 222 g/mol. The van der Waals surface area contributed by atoms with Gasteiger partial charge in [0, 0.05) is 6.42 Å².